The van der Waals surface area contributed by atoms with Gasteiger partial charge in [-0.3, -0.25) is 0 Å². The summed E-state index contributed by atoms with van der Waals surface area (Å²) in [6.07, 6.45) is 1.93. The van der Waals surface area contributed by atoms with Crippen LogP contribution in [0.3, 0.4) is 0 Å². The molecule has 1 aromatic rings. The molecule has 0 bridgehead atoms. The molecule has 1 aliphatic rings. The van der Waals surface area contributed by atoms with E-state index in [1.54, 1.807) is 12.1 Å². The molecule has 0 unspecified atom stereocenters. The molecule has 0 aliphatic heterocycles. The van der Waals surface area contributed by atoms with Gasteiger partial charge in [-0.25, -0.2) is 9.18 Å². The molecule has 0 aromatic heterocycles. The number of hydrogen-bond donors (Lipinski definition) is 1. The number of hydrogen-bond acceptors (Lipinski definition) is 3. The summed E-state index contributed by atoms with van der Waals surface area (Å²) in [5, 5.41) is 2.84. The molecule has 2 atom stereocenters. The summed E-state index contributed by atoms with van der Waals surface area (Å²) in [5.41, 5.74) is -0.537. The number of carbonyl (C=O) groups is 1. The van der Waals surface area contributed by atoms with E-state index in [2.05, 4.69) is 21.2 Å². The Kier molecular flexibility index (Phi) is 5.32. The van der Waals surface area contributed by atoms with Crippen molar-refractivity contribution >= 4 is 22.0 Å². The lowest BCUT2D eigenvalue weighted by atomic mass is 10.2. The third kappa shape index (κ3) is 4.60. The highest BCUT2D eigenvalue weighted by atomic mass is 79.9. The number of alkyl carbamates (subject to hydrolysis) is 1. The van der Waals surface area contributed by atoms with Gasteiger partial charge >= 0.3 is 6.09 Å². The van der Waals surface area contributed by atoms with Crippen LogP contribution in [0.4, 0.5) is 9.18 Å². The summed E-state index contributed by atoms with van der Waals surface area (Å²) in [4.78, 5) is 11.9. The summed E-state index contributed by atoms with van der Waals surface area (Å²) in [7, 11) is 0. The zero-order valence-electron chi connectivity index (χ0n) is 13.0. The summed E-state index contributed by atoms with van der Waals surface area (Å²) in [6, 6.07) is 4.53. The maximum atomic E-state index is 13.5. The third-order valence-electron chi connectivity index (χ3n) is 3.35. The molecular formula is C16H21BrFNO3. The molecular weight excluding hydrogens is 353 g/mol. The quantitative estimate of drug-likeness (QED) is 0.853. The molecule has 4 nitrogen and oxygen atoms in total. The second-order valence-corrected chi connectivity index (χ2v) is 7.18. The average Bonchev–Trinajstić information content (AvgIpc) is 2.80. The monoisotopic (exact) mass is 373 g/mol. The van der Waals surface area contributed by atoms with Gasteiger partial charge in [0.25, 0.3) is 0 Å². The molecule has 1 fully saturated rings. The number of carbonyl (C=O) groups excluding carboxylic acids is 1. The lowest BCUT2D eigenvalue weighted by Crippen LogP contribution is -2.44. The van der Waals surface area contributed by atoms with Gasteiger partial charge in [0.1, 0.15) is 23.3 Å². The highest BCUT2D eigenvalue weighted by molar-refractivity contribution is 9.10. The van der Waals surface area contributed by atoms with E-state index in [0.29, 0.717) is 10.2 Å². The number of benzene rings is 1. The van der Waals surface area contributed by atoms with E-state index in [-0.39, 0.29) is 18.0 Å². The van der Waals surface area contributed by atoms with Crippen LogP contribution in [0.5, 0.6) is 5.75 Å². The van der Waals surface area contributed by atoms with Crippen LogP contribution in [0, 0.1) is 5.82 Å². The first-order valence-electron chi connectivity index (χ1n) is 7.36. The van der Waals surface area contributed by atoms with Crippen LogP contribution < -0.4 is 10.1 Å². The van der Waals surface area contributed by atoms with Crippen molar-refractivity contribution in [3.05, 3.63) is 28.5 Å². The van der Waals surface area contributed by atoms with E-state index in [4.69, 9.17) is 9.47 Å². The molecule has 0 radical (unpaired) electrons. The number of nitrogens with one attached hydrogen (secondary N) is 1. The minimum atomic E-state index is -0.537. The molecule has 6 heteroatoms. The zero-order valence-corrected chi connectivity index (χ0v) is 14.6. The highest BCUT2D eigenvalue weighted by Gasteiger charge is 2.32. The van der Waals surface area contributed by atoms with Gasteiger partial charge in [-0.05, 0) is 68.1 Å². The van der Waals surface area contributed by atoms with Crippen LogP contribution in [0.2, 0.25) is 0 Å². The predicted molar refractivity (Wildman–Crippen MR) is 85.5 cm³/mol. The smallest absolute Gasteiger partial charge is 0.408 e. The Morgan fingerprint density at radius 3 is 2.77 bits per heavy atom. The Hall–Kier alpha value is -1.30. The van der Waals surface area contributed by atoms with E-state index < -0.39 is 11.7 Å². The third-order valence-corrected chi connectivity index (χ3v) is 4.12. The largest absolute Gasteiger partial charge is 0.487 e. The Morgan fingerprint density at radius 2 is 2.09 bits per heavy atom. The Balaban J connectivity index is 1.99. The van der Waals surface area contributed by atoms with Crippen LogP contribution >= 0.6 is 15.9 Å². The Bertz CT molecular complexity index is 545. The lowest BCUT2D eigenvalue weighted by molar-refractivity contribution is 0.0463. The summed E-state index contributed by atoms with van der Waals surface area (Å²) in [6.45, 7) is 5.46. The summed E-state index contributed by atoms with van der Waals surface area (Å²) >= 11 is 3.19. The molecule has 0 saturated heterocycles. The molecule has 1 amide bonds. The number of amides is 1. The number of rotatable bonds is 3. The van der Waals surface area contributed by atoms with Crippen molar-refractivity contribution in [1.29, 1.82) is 0 Å². The molecule has 2 rings (SSSR count). The van der Waals surface area contributed by atoms with Gasteiger partial charge in [0.2, 0.25) is 0 Å². The van der Waals surface area contributed by atoms with Crippen molar-refractivity contribution in [2.75, 3.05) is 0 Å². The van der Waals surface area contributed by atoms with E-state index in [9.17, 15) is 9.18 Å². The molecule has 1 saturated carbocycles. The topological polar surface area (TPSA) is 47.6 Å². The van der Waals surface area contributed by atoms with E-state index in [0.717, 1.165) is 19.3 Å². The molecule has 122 valence electrons. The second-order valence-electron chi connectivity index (χ2n) is 6.39. The summed E-state index contributed by atoms with van der Waals surface area (Å²) < 4.78 is 25.0. The SMILES string of the molecule is CC(C)(C)OC(=O)N[C@H]1CCC[C@H]1Oc1cccc(F)c1Br. The molecule has 1 N–H and O–H groups in total. The minimum absolute atomic E-state index is 0.134. The molecule has 1 aromatic carbocycles. The fourth-order valence-electron chi connectivity index (χ4n) is 2.43. The van der Waals surface area contributed by atoms with Crippen LogP contribution in [-0.4, -0.2) is 23.8 Å². The van der Waals surface area contributed by atoms with Gasteiger partial charge in [0.05, 0.1) is 10.5 Å². The maximum absolute atomic E-state index is 13.5. The van der Waals surface area contributed by atoms with E-state index in [1.807, 2.05) is 20.8 Å². The predicted octanol–water partition coefficient (Wildman–Crippen LogP) is 4.41. The highest BCUT2D eigenvalue weighted by Crippen LogP contribution is 2.31. The van der Waals surface area contributed by atoms with Gasteiger partial charge in [0.15, 0.2) is 0 Å². The van der Waals surface area contributed by atoms with Crippen LogP contribution in [0.15, 0.2) is 22.7 Å². The standard InChI is InChI=1S/C16H21BrFNO3/c1-16(2,3)22-15(20)19-11-7-5-8-12(11)21-13-9-4-6-10(18)14(13)17/h4,6,9,11-12H,5,7-8H2,1-3H3,(H,19,20)/t11-,12+/m0/s1. The van der Waals surface area contributed by atoms with Crippen LogP contribution in [0.25, 0.3) is 0 Å². The fraction of sp³-hybridized carbons (Fsp3) is 0.562. The maximum Gasteiger partial charge on any atom is 0.408 e. The van der Waals surface area contributed by atoms with Gasteiger partial charge in [-0.2, -0.15) is 0 Å². The fourth-order valence-corrected chi connectivity index (χ4v) is 2.79. The second kappa shape index (κ2) is 6.86. The Morgan fingerprint density at radius 1 is 1.36 bits per heavy atom. The van der Waals surface area contributed by atoms with E-state index in [1.165, 1.54) is 6.07 Å². The number of halogens is 2. The van der Waals surface area contributed by atoms with Crippen molar-refractivity contribution in [1.82, 2.24) is 5.32 Å². The van der Waals surface area contributed by atoms with Crippen molar-refractivity contribution in [3.63, 3.8) is 0 Å². The van der Waals surface area contributed by atoms with Gasteiger partial charge in [-0.1, -0.05) is 6.07 Å². The van der Waals surface area contributed by atoms with Gasteiger partial charge < -0.3 is 14.8 Å². The van der Waals surface area contributed by atoms with Crippen LogP contribution in [0.1, 0.15) is 40.0 Å². The average molecular weight is 374 g/mol. The number of ether oxygens (including phenoxy) is 2. The first-order valence-corrected chi connectivity index (χ1v) is 8.16. The minimum Gasteiger partial charge on any atom is -0.487 e. The van der Waals surface area contributed by atoms with E-state index >= 15 is 0 Å². The summed E-state index contributed by atoms with van der Waals surface area (Å²) in [5.74, 6) is 0.0787. The molecule has 1 aliphatic carbocycles. The first kappa shape index (κ1) is 17.1. The van der Waals surface area contributed by atoms with Crippen molar-refractivity contribution in [2.45, 2.75) is 57.8 Å². The van der Waals surface area contributed by atoms with Crippen molar-refractivity contribution < 1.29 is 18.7 Å². The lowest BCUT2D eigenvalue weighted by Gasteiger charge is -2.25. The van der Waals surface area contributed by atoms with Crippen LogP contribution in [-0.2, 0) is 4.74 Å². The molecule has 0 spiro atoms. The zero-order chi connectivity index (χ0) is 16.3. The van der Waals surface area contributed by atoms with Crippen molar-refractivity contribution in [3.8, 4) is 5.75 Å². The molecule has 22 heavy (non-hydrogen) atoms. The Labute approximate surface area is 138 Å². The van der Waals surface area contributed by atoms with Gasteiger partial charge in [-0.15, -0.1) is 0 Å². The first-order chi connectivity index (χ1) is 10.3. The van der Waals surface area contributed by atoms with Crippen molar-refractivity contribution in [2.24, 2.45) is 0 Å². The molecule has 0 heterocycles. The normalized spacial score (nSPS) is 21.5. The van der Waals surface area contributed by atoms with Gasteiger partial charge in [0, 0.05) is 0 Å².